The Morgan fingerprint density at radius 3 is 2.40 bits per heavy atom. The predicted octanol–water partition coefficient (Wildman–Crippen LogP) is 2.38. The molecule has 84 valence electrons. The quantitative estimate of drug-likeness (QED) is 0.833. The summed E-state index contributed by atoms with van der Waals surface area (Å²) in [7, 11) is 0. The van der Waals surface area contributed by atoms with Gasteiger partial charge in [-0.2, -0.15) is 13.2 Å². The van der Waals surface area contributed by atoms with Crippen LogP contribution in [0.4, 0.5) is 13.2 Å². The summed E-state index contributed by atoms with van der Waals surface area (Å²) in [4.78, 5) is 0. The van der Waals surface area contributed by atoms with Crippen LogP contribution in [0.15, 0.2) is 18.2 Å². The molecule has 0 spiro atoms. The lowest BCUT2D eigenvalue weighted by molar-refractivity contribution is -0.137. The Morgan fingerprint density at radius 1 is 1.33 bits per heavy atom. The molecule has 1 unspecified atom stereocenters. The molecule has 2 N–H and O–H groups in total. The van der Waals surface area contributed by atoms with Gasteiger partial charge < -0.3 is 10.2 Å². The molecule has 6 heteroatoms. The van der Waals surface area contributed by atoms with Crippen molar-refractivity contribution < 1.29 is 23.4 Å². The zero-order chi connectivity index (χ0) is 11.6. The molecule has 1 rings (SSSR count). The van der Waals surface area contributed by atoms with Gasteiger partial charge in [-0.15, -0.1) is 0 Å². The average molecular weight is 241 g/mol. The van der Waals surface area contributed by atoms with Crippen LogP contribution in [0.2, 0.25) is 5.02 Å². The maximum Gasteiger partial charge on any atom is 0.417 e. The third kappa shape index (κ3) is 2.84. The normalized spacial score (nSPS) is 14.0. The molecule has 15 heavy (non-hydrogen) atoms. The second kappa shape index (κ2) is 4.38. The zero-order valence-corrected chi connectivity index (χ0v) is 8.18. The molecule has 1 aromatic rings. The zero-order valence-electron chi connectivity index (χ0n) is 7.42. The fourth-order valence-corrected chi connectivity index (χ4v) is 1.30. The van der Waals surface area contributed by atoms with Gasteiger partial charge in [-0.25, -0.2) is 0 Å². The predicted molar refractivity (Wildman–Crippen MR) is 48.5 cm³/mol. The summed E-state index contributed by atoms with van der Waals surface area (Å²) in [6.07, 6.45) is -5.90. The summed E-state index contributed by atoms with van der Waals surface area (Å²) in [5.41, 5.74) is -1.04. The van der Waals surface area contributed by atoms with Crippen LogP contribution in [-0.2, 0) is 6.18 Å². The highest BCUT2D eigenvalue weighted by Crippen LogP contribution is 2.35. The minimum Gasteiger partial charge on any atom is -0.393 e. The highest BCUT2D eigenvalue weighted by molar-refractivity contribution is 6.31. The molecule has 0 radical (unpaired) electrons. The smallest absolute Gasteiger partial charge is 0.393 e. The number of benzene rings is 1. The van der Waals surface area contributed by atoms with Crippen LogP contribution in [0.1, 0.15) is 17.2 Å². The summed E-state index contributed by atoms with van der Waals surface area (Å²) in [6, 6.07) is 3.00. The van der Waals surface area contributed by atoms with Crippen molar-refractivity contribution in [2.24, 2.45) is 0 Å². The first-order valence-corrected chi connectivity index (χ1v) is 4.39. The van der Waals surface area contributed by atoms with E-state index in [1.807, 2.05) is 0 Å². The topological polar surface area (TPSA) is 40.5 Å². The molecule has 1 atom stereocenters. The average Bonchev–Trinajstić information content (AvgIpc) is 2.15. The van der Waals surface area contributed by atoms with Gasteiger partial charge in [-0.3, -0.25) is 0 Å². The summed E-state index contributed by atoms with van der Waals surface area (Å²) in [5, 5.41) is 17.3. The summed E-state index contributed by atoms with van der Waals surface area (Å²) in [6.45, 7) is -0.640. The van der Waals surface area contributed by atoms with Crippen LogP contribution in [0.3, 0.4) is 0 Å². The Labute approximate surface area is 88.9 Å². The summed E-state index contributed by atoms with van der Waals surface area (Å²) >= 11 is 5.36. The van der Waals surface area contributed by atoms with Gasteiger partial charge in [-0.05, 0) is 17.7 Å². The molecular formula is C9H8ClF3O2. The number of hydrogen-bond acceptors (Lipinski definition) is 2. The molecule has 0 aliphatic carbocycles. The summed E-state index contributed by atoms with van der Waals surface area (Å²) in [5.74, 6) is 0. The van der Waals surface area contributed by atoms with E-state index in [4.69, 9.17) is 21.8 Å². The second-order valence-electron chi connectivity index (χ2n) is 2.94. The van der Waals surface area contributed by atoms with Crippen LogP contribution in [0.5, 0.6) is 0 Å². The highest BCUT2D eigenvalue weighted by atomic mass is 35.5. The third-order valence-electron chi connectivity index (χ3n) is 1.85. The van der Waals surface area contributed by atoms with Crippen LogP contribution >= 0.6 is 11.6 Å². The minimum atomic E-state index is -4.57. The number of aliphatic hydroxyl groups is 2. The number of alkyl halides is 3. The van der Waals surface area contributed by atoms with E-state index < -0.39 is 29.5 Å². The maximum atomic E-state index is 12.4. The van der Waals surface area contributed by atoms with E-state index in [0.29, 0.717) is 0 Å². The van der Waals surface area contributed by atoms with Gasteiger partial charge in [0.1, 0.15) is 6.10 Å². The molecule has 0 aromatic heterocycles. The van der Waals surface area contributed by atoms with Crippen molar-refractivity contribution in [1.82, 2.24) is 0 Å². The van der Waals surface area contributed by atoms with Crippen LogP contribution in [0.25, 0.3) is 0 Å². The first-order valence-electron chi connectivity index (χ1n) is 4.02. The molecule has 0 saturated carbocycles. The van der Waals surface area contributed by atoms with Crippen LogP contribution in [0, 0.1) is 0 Å². The monoisotopic (exact) mass is 240 g/mol. The van der Waals surface area contributed by atoms with Crippen molar-refractivity contribution in [3.63, 3.8) is 0 Å². The summed E-state index contributed by atoms with van der Waals surface area (Å²) < 4.78 is 37.1. The lowest BCUT2D eigenvalue weighted by Crippen LogP contribution is -2.09. The Kier molecular flexibility index (Phi) is 3.59. The molecule has 2 nitrogen and oxygen atoms in total. The van der Waals surface area contributed by atoms with Crippen molar-refractivity contribution >= 4 is 11.6 Å². The van der Waals surface area contributed by atoms with Crippen LogP contribution in [-0.4, -0.2) is 16.8 Å². The van der Waals surface area contributed by atoms with Gasteiger partial charge in [0.05, 0.1) is 17.2 Å². The molecular weight excluding hydrogens is 233 g/mol. The molecule has 0 bridgehead atoms. The number of rotatable bonds is 2. The second-order valence-corrected chi connectivity index (χ2v) is 3.34. The molecule has 0 aliphatic heterocycles. The van der Waals surface area contributed by atoms with Crippen molar-refractivity contribution in [3.05, 3.63) is 34.3 Å². The van der Waals surface area contributed by atoms with Crippen molar-refractivity contribution in [3.8, 4) is 0 Å². The fraction of sp³-hybridized carbons (Fsp3) is 0.333. The van der Waals surface area contributed by atoms with E-state index in [-0.39, 0.29) is 5.56 Å². The van der Waals surface area contributed by atoms with Gasteiger partial charge in [0.25, 0.3) is 0 Å². The largest absolute Gasteiger partial charge is 0.417 e. The van der Waals surface area contributed by atoms with Crippen molar-refractivity contribution in [1.29, 1.82) is 0 Å². The van der Waals surface area contributed by atoms with E-state index in [0.717, 1.165) is 12.1 Å². The number of aliphatic hydroxyl groups excluding tert-OH is 2. The molecule has 0 fully saturated rings. The van der Waals surface area contributed by atoms with Gasteiger partial charge in [-0.1, -0.05) is 17.7 Å². The highest BCUT2D eigenvalue weighted by Gasteiger charge is 2.33. The first-order chi connectivity index (χ1) is 6.86. The lowest BCUT2D eigenvalue weighted by Gasteiger charge is -2.13. The van der Waals surface area contributed by atoms with Crippen molar-refractivity contribution in [2.75, 3.05) is 6.61 Å². The Morgan fingerprint density at radius 2 is 1.93 bits per heavy atom. The minimum absolute atomic E-state index is 0.0192. The Balaban J connectivity index is 3.17. The number of hydrogen-bond donors (Lipinski definition) is 2. The Bertz CT molecular complexity index is 352. The Hall–Kier alpha value is -0.780. The number of halogens is 4. The van der Waals surface area contributed by atoms with E-state index in [9.17, 15) is 13.2 Å². The van der Waals surface area contributed by atoms with E-state index >= 15 is 0 Å². The van der Waals surface area contributed by atoms with Crippen LogP contribution < -0.4 is 0 Å². The maximum absolute atomic E-state index is 12.4. The molecule has 0 aliphatic rings. The van der Waals surface area contributed by atoms with Crippen molar-refractivity contribution in [2.45, 2.75) is 12.3 Å². The van der Waals surface area contributed by atoms with Gasteiger partial charge in [0.15, 0.2) is 0 Å². The van der Waals surface area contributed by atoms with E-state index in [1.54, 1.807) is 0 Å². The van der Waals surface area contributed by atoms with Gasteiger partial charge in [0.2, 0.25) is 0 Å². The third-order valence-corrected chi connectivity index (χ3v) is 2.18. The molecule has 1 aromatic carbocycles. The van der Waals surface area contributed by atoms with E-state index in [1.165, 1.54) is 6.07 Å². The molecule has 0 amide bonds. The molecule has 0 heterocycles. The van der Waals surface area contributed by atoms with Gasteiger partial charge >= 0.3 is 6.18 Å². The standard InChI is InChI=1S/C9H8ClF3O2/c10-7-2-1-5(8(15)4-14)3-6(7)9(11,12)13/h1-3,8,14-15H,4H2. The van der Waals surface area contributed by atoms with Gasteiger partial charge in [0, 0.05) is 0 Å². The lowest BCUT2D eigenvalue weighted by atomic mass is 10.1. The SMILES string of the molecule is OCC(O)c1ccc(Cl)c(C(F)(F)F)c1. The van der Waals surface area contributed by atoms with E-state index in [2.05, 4.69) is 0 Å². The fourth-order valence-electron chi connectivity index (χ4n) is 1.07. The first kappa shape index (κ1) is 12.3. The molecule has 0 saturated heterocycles.